The van der Waals surface area contributed by atoms with Gasteiger partial charge in [-0.1, -0.05) is 41.6 Å². The number of nitrogens with two attached hydrogens (primary N) is 1. The molecular weight excluding hydrogens is 935 g/mol. The number of rotatable bonds is 29. The highest BCUT2D eigenvalue weighted by atomic mass is 16.5. The van der Waals surface area contributed by atoms with E-state index in [4.69, 9.17) is 34.2 Å². The molecular formula is C48H57N13O11. The molecule has 72 heavy (non-hydrogen) atoms. The van der Waals surface area contributed by atoms with Gasteiger partial charge in [0.15, 0.2) is 28.5 Å². The van der Waals surface area contributed by atoms with Crippen molar-refractivity contribution in [3.8, 4) is 34.8 Å². The zero-order valence-electron chi connectivity index (χ0n) is 40.1. The van der Waals surface area contributed by atoms with Crippen LogP contribution in [0.2, 0.25) is 0 Å². The number of carbonyl (C=O) groups is 3. The van der Waals surface area contributed by atoms with E-state index in [9.17, 15) is 24.6 Å². The number of amides is 2. The van der Waals surface area contributed by atoms with Gasteiger partial charge in [-0.3, -0.25) is 18.8 Å². The first-order valence-electron chi connectivity index (χ1n) is 23.0. The number of unbranched alkanes of at least 4 members (excludes halogenated alkanes) is 1. The maximum Gasteiger partial charge on any atom is 0.326 e. The van der Waals surface area contributed by atoms with Gasteiger partial charge < -0.3 is 60.3 Å². The maximum atomic E-state index is 12.7. The molecule has 7 rings (SSSR count). The van der Waals surface area contributed by atoms with E-state index in [2.05, 4.69) is 51.2 Å². The number of aromatic nitrogens is 9. The lowest BCUT2D eigenvalue weighted by atomic mass is 10.1. The second kappa shape index (κ2) is 25.6. The normalized spacial score (nSPS) is 11.7. The molecule has 7 N–H and O–H groups in total. The van der Waals surface area contributed by atoms with Gasteiger partial charge in [0.1, 0.15) is 43.7 Å². The minimum atomic E-state index is -1.17. The third-order valence-corrected chi connectivity index (χ3v) is 11.0. The van der Waals surface area contributed by atoms with E-state index in [0.29, 0.717) is 86.6 Å². The average molecular weight is 992 g/mol. The minimum absolute atomic E-state index is 0.0286. The molecule has 0 saturated carbocycles. The van der Waals surface area contributed by atoms with Gasteiger partial charge in [-0.15, -0.1) is 5.10 Å². The van der Waals surface area contributed by atoms with Crippen molar-refractivity contribution in [2.45, 2.75) is 57.8 Å². The molecule has 4 aromatic heterocycles. The van der Waals surface area contributed by atoms with E-state index < -0.39 is 17.9 Å². The van der Waals surface area contributed by atoms with Crippen molar-refractivity contribution in [1.29, 1.82) is 0 Å². The van der Waals surface area contributed by atoms with Gasteiger partial charge in [0.25, 0.3) is 6.01 Å². The molecule has 2 amide bonds. The Morgan fingerprint density at radius 3 is 2.24 bits per heavy atom. The van der Waals surface area contributed by atoms with Gasteiger partial charge in [0.2, 0.25) is 11.8 Å². The summed E-state index contributed by atoms with van der Waals surface area (Å²) >= 11 is 0. The van der Waals surface area contributed by atoms with Crippen LogP contribution in [0.1, 0.15) is 43.2 Å². The lowest BCUT2D eigenvalue weighted by Crippen LogP contribution is -2.41. The summed E-state index contributed by atoms with van der Waals surface area (Å²) in [5.41, 5.74) is 11.0. The highest BCUT2D eigenvalue weighted by Crippen LogP contribution is 2.35. The highest BCUT2D eigenvalue weighted by Gasteiger charge is 2.21. The fourth-order valence-electron chi connectivity index (χ4n) is 7.32. The lowest BCUT2D eigenvalue weighted by molar-refractivity contribution is -0.142. The quantitative estimate of drug-likeness (QED) is 0.0361. The summed E-state index contributed by atoms with van der Waals surface area (Å²) in [6.07, 6.45) is 4.20. The number of carboxylic acid groups (broad SMARTS) is 1. The predicted molar refractivity (Wildman–Crippen MR) is 262 cm³/mol. The molecule has 1 unspecified atom stereocenters. The van der Waals surface area contributed by atoms with E-state index in [1.165, 1.54) is 10.9 Å². The third kappa shape index (κ3) is 14.2. The van der Waals surface area contributed by atoms with Crippen LogP contribution in [-0.4, -0.2) is 139 Å². The third-order valence-electron chi connectivity index (χ3n) is 11.0. The number of aliphatic carboxylic acids is 1. The summed E-state index contributed by atoms with van der Waals surface area (Å²) in [6, 6.07) is 17.2. The van der Waals surface area contributed by atoms with E-state index >= 15 is 0 Å². The first-order valence-corrected chi connectivity index (χ1v) is 23.0. The van der Waals surface area contributed by atoms with Crippen molar-refractivity contribution in [1.82, 2.24) is 55.1 Å². The number of imidazole rings is 1. The molecule has 7 aromatic rings. The Labute approximate surface area is 413 Å². The molecule has 0 aliphatic carbocycles. The number of carbonyl (C=O) groups excluding carboxylic acids is 2. The van der Waals surface area contributed by atoms with Crippen LogP contribution in [0.25, 0.3) is 33.3 Å². The Kier molecular flexibility index (Phi) is 18.3. The fraction of sp³-hybridized carbons (Fsp3) is 0.375. The van der Waals surface area contributed by atoms with Gasteiger partial charge in [0.05, 0.1) is 38.1 Å². The van der Waals surface area contributed by atoms with Crippen LogP contribution in [0.15, 0.2) is 73.2 Å². The van der Waals surface area contributed by atoms with Crippen molar-refractivity contribution in [2.75, 3.05) is 72.0 Å². The van der Waals surface area contributed by atoms with Crippen LogP contribution in [-0.2, 0) is 48.2 Å². The number of anilines is 3. The Balaban J connectivity index is 0.839. The molecule has 0 bridgehead atoms. The molecule has 0 radical (unpaired) electrons. The van der Waals surface area contributed by atoms with Gasteiger partial charge in [-0.2, -0.15) is 15.0 Å². The van der Waals surface area contributed by atoms with Crippen molar-refractivity contribution >= 4 is 57.2 Å². The van der Waals surface area contributed by atoms with Crippen LogP contribution in [0.5, 0.6) is 23.5 Å². The van der Waals surface area contributed by atoms with Crippen LogP contribution in [0.3, 0.4) is 0 Å². The standard InChI is InChI=1S/C48H57N13O11/c1-67-17-20-70-38-24-34-36(25-39(38)71-21-18-68-2)51-29-52-44(34)53-33-8-6-7-32(23-33)37-28-60(59-58-37)16-5-4-9-35(46(64)65)54-41(63)15-14-40(62)50-26-30-10-12-31(13-11-30)27-61-45-42(55-48(61)66)43(49)56-47(57-45)72-22-19-69-3/h6-8,10-13,23-25,28-29,35H,4-5,9,14-22,26-27H2,1-3H3,(H,50,62)(H,54,63)(H,55,66)(H,64,65)(H2,49,56,57)(H,51,52,53). The van der Waals surface area contributed by atoms with Crippen molar-refractivity contribution in [3.05, 3.63) is 84.3 Å². The van der Waals surface area contributed by atoms with Gasteiger partial charge in [-0.05, 0) is 48.6 Å². The second-order valence-corrected chi connectivity index (χ2v) is 16.2. The van der Waals surface area contributed by atoms with E-state index in [0.717, 1.165) is 27.8 Å². The number of nitrogen functional groups attached to an aromatic ring is 1. The molecule has 0 aliphatic heterocycles. The van der Waals surface area contributed by atoms with Crippen molar-refractivity contribution in [3.63, 3.8) is 0 Å². The highest BCUT2D eigenvalue weighted by molar-refractivity contribution is 5.93. The van der Waals surface area contributed by atoms with Crippen molar-refractivity contribution < 1.29 is 53.0 Å². The predicted octanol–water partition coefficient (Wildman–Crippen LogP) is 4.02. The largest absolute Gasteiger partial charge is 0.487 e. The smallest absolute Gasteiger partial charge is 0.326 e. The Morgan fingerprint density at radius 1 is 0.792 bits per heavy atom. The molecule has 0 spiro atoms. The fourth-order valence-corrected chi connectivity index (χ4v) is 7.32. The maximum absolute atomic E-state index is 12.7. The van der Waals surface area contributed by atoms with Crippen molar-refractivity contribution in [2.24, 2.45) is 0 Å². The first-order chi connectivity index (χ1) is 35.0. The summed E-state index contributed by atoms with van der Waals surface area (Å²) in [5, 5.41) is 38.5. The average Bonchev–Trinajstić information content (AvgIpc) is 3.98. The van der Waals surface area contributed by atoms with Crippen LogP contribution >= 0.6 is 0 Å². The Bertz CT molecular complexity index is 2930. The zero-order valence-corrected chi connectivity index (χ0v) is 40.1. The minimum Gasteiger partial charge on any atom is -0.487 e. The molecule has 24 heteroatoms. The number of methoxy groups -OCH3 is 3. The van der Waals surface area contributed by atoms with E-state index in [1.807, 2.05) is 60.8 Å². The number of ether oxygens (including phenoxy) is 6. The lowest BCUT2D eigenvalue weighted by Gasteiger charge is -2.15. The summed E-state index contributed by atoms with van der Waals surface area (Å²) < 4.78 is 35.8. The van der Waals surface area contributed by atoms with Gasteiger partial charge in [-0.25, -0.2) is 14.8 Å². The van der Waals surface area contributed by atoms with Crippen LogP contribution in [0.4, 0.5) is 17.3 Å². The number of fused-ring (bicyclic) bond motifs is 2. The molecule has 0 fully saturated rings. The number of carboxylic acids is 1. The number of aryl methyl sites for hydroxylation is 1. The number of nitrogens with one attached hydrogen (secondary N) is 3. The molecule has 3 aromatic carbocycles. The molecule has 24 nitrogen and oxygen atoms in total. The van der Waals surface area contributed by atoms with Crippen LogP contribution in [0, 0.1) is 0 Å². The number of benzene rings is 3. The SMILES string of the molecule is COCCOc1nc(N)c2nc(O)n(Cc3ccc(CNC(=O)CCC(=O)NC(CCCCn4cc(-c5cccc(Nc6ncnc7cc(OCCOC)c(OCCOC)cc67)c5)nn4)C(=O)O)cc3)c2n1. The summed E-state index contributed by atoms with van der Waals surface area (Å²) in [4.78, 5) is 58.9. The zero-order chi connectivity index (χ0) is 50.8. The molecule has 0 saturated heterocycles. The number of hydrogen-bond acceptors (Lipinski definition) is 19. The second-order valence-electron chi connectivity index (χ2n) is 16.2. The van der Waals surface area contributed by atoms with Gasteiger partial charge in [0, 0.05) is 70.0 Å². The monoisotopic (exact) mass is 991 g/mol. The first kappa shape index (κ1) is 51.6. The number of hydrogen-bond donors (Lipinski definition) is 6. The topological polar surface area (TPSA) is 309 Å². The molecule has 380 valence electrons. The van der Waals surface area contributed by atoms with Gasteiger partial charge >= 0.3 is 12.0 Å². The van der Waals surface area contributed by atoms with E-state index in [-0.39, 0.29) is 68.2 Å². The summed E-state index contributed by atoms with van der Waals surface area (Å²) in [5.74, 6) is -0.419. The number of nitrogens with zero attached hydrogens (tertiary/aromatic N) is 9. The Hall–Kier alpha value is -8.22. The molecule has 1 atom stereocenters. The molecule has 4 heterocycles. The summed E-state index contributed by atoms with van der Waals surface area (Å²) in [6.45, 7) is 2.88. The molecule has 0 aliphatic rings. The van der Waals surface area contributed by atoms with Crippen LogP contribution < -0.4 is 35.9 Å². The Morgan fingerprint density at radius 2 is 1.50 bits per heavy atom. The summed E-state index contributed by atoms with van der Waals surface area (Å²) in [7, 11) is 4.75. The number of aromatic hydroxyl groups is 1. The van der Waals surface area contributed by atoms with E-state index in [1.54, 1.807) is 32.1 Å².